The predicted molar refractivity (Wildman–Crippen MR) is 169 cm³/mol. The molecule has 4 rings (SSSR count). The van der Waals surface area contributed by atoms with E-state index in [1.54, 1.807) is 6.07 Å². The maximum atomic E-state index is 13.4. The number of rotatable bonds is 14. The maximum Gasteiger partial charge on any atom is 0.359 e. The largest absolute Gasteiger partial charge is 0.386 e. The lowest BCUT2D eigenvalue weighted by atomic mass is 10.0. The van der Waals surface area contributed by atoms with E-state index in [9.17, 15) is 46.6 Å². The Morgan fingerprint density at radius 3 is 1.58 bits per heavy atom. The summed E-state index contributed by atoms with van der Waals surface area (Å²) >= 11 is 6.41. The number of hydrogen-bond acceptors (Lipinski definition) is 14. The van der Waals surface area contributed by atoms with Gasteiger partial charge in [0.1, 0.15) is 11.5 Å². The molecule has 1 N–H and O–H groups in total. The molecule has 21 heteroatoms. The molecule has 0 amide bonds. The van der Waals surface area contributed by atoms with E-state index in [2.05, 4.69) is 0 Å². The fraction of sp³-hybridized carbons (Fsp3) is 0.185. The van der Waals surface area contributed by atoms with Gasteiger partial charge in [-0.2, -0.15) is 42.1 Å². The minimum atomic E-state index is -6.30. The standard InChI is InChI=1S/C27H25ClO15S5/c1-44(29,30)40-25-19-26(28,41-45(31,32)20-21-11-5-2-6-12-21)18-17-24(25)27(48(37,38)39,42-46(33,34)22-13-7-3-8-14-22)43-47(35,36)23-15-9-4-10-16-23/h2-18H,19-20H2,1H3,(H,37,38,39). The topological polar surface area (TPSA) is 228 Å². The predicted octanol–water partition coefficient (Wildman–Crippen LogP) is 3.01. The maximum absolute atomic E-state index is 13.4. The first-order chi connectivity index (χ1) is 22.1. The van der Waals surface area contributed by atoms with Gasteiger partial charge in [0.2, 0.25) is 0 Å². The van der Waals surface area contributed by atoms with Gasteiger partial charge in [-0.05, 0) is 42.0 Å². The summed E-state index contributed by atoms with van der Waals surface area (Å²) < 4.78 is 161. The van der Waals surface area contributed by atoms with E-state index in [1.807, 2.05) is 0 Å². The SMILES string of the molecule is CS(=O)(=O)OC1=C(C(OS(=O)(=O)c2ccccc2)(OS(=O)(=O)c2ccccc2)S(=O)(=O)O)C=CC(Cl)(OS(=O)(=O)Cc2ccccc2)C1. The first-order valence-corrected chi connectivity index (χ1v) is 21.1. The summed E-state index contributed by atoms with van der Waals surface area (Å²) in [5, 5.41) is -6.95. The highest BCUT2D eigenvalue weighted by atomic mass is 35.5. The van der Waals surface area contributed by atoms with Gasteiger partial charge in [-0.15, -0.1) is 0 Å². The quantitative estimate of drug-likeness (QED) is 0.107. The molecular formula is C27H25ClO15S5. The molecule has 0 aliphatic heterocycles. The second-order valence-corrected chi connectivity index (χ2v) is 18.3. The molecule has 1 aliphatic carbocycles. The Morgan fingerprint density at radius 2 is 1.17 bits per heavy atom. The van der Waals surface area contributed by atoms with Gasteiger partial charge in [0, 0.05) is 0 Å². The molecule has 48 heavy (non-hydrogen) atoms. The average molecular weight is 785 g/mol. The Hall–Kier alpha value is -3.18. The summed E-state index contributed by atoms with van der Waals surface area (Å²) in [4.78, 5) is -1.52. The van der Waals surface area contributed by atoms with Gasteiger partial charge < -0.3 is 4.18 Å². The van der Waals surface area contributed by atoms with Gasteiger partial charge in [-0.1, -0.05) is 78.3 Å². The lowest BCUT2D eigenvalue weighted by molar-refractivity contribution is -0.00403. The van der Waals surface area contributed by atoms with Crippen LogP contribution in [0.15, 0.2) is 124 Å². The molecule has 1 unspecified atom stereocenters. The third-order valence-corrected chi connectivity index (χ3v) is 12.1. The number of benzene rings is 3. The summed E-state index contributed by atoms with van der Waals surface area (Å²) in [6.45, 7) is 0. The van der Waals surface area contributed by atoms with Crippen molar-refractivity contribution in [3.63, 3.8) is 0 Å². The lowest BCUT2D eigenvalue weighted by Gasteiger charge is -2.35. The highest BCUT2D eigenvalue weighted by Crippen LogP contribution is 2.45. The summed E-state index contributed by atoms with van der Waals surface area (Å²) in [6, 6.07) is 18.8. The van der Waals surface area contributed by atoms with Gasteiger partial charge in [0.05, 0.1) is 28.0 Å². The van der Waals surface area contributed by atoms with Crippen molar-refractivity contribution in [2.75, 3.05) is 6.26 Å². The normalized spacial score (nSPS) is 18.1. The zero-order chi connectivity index (χ0) is 35.7. The van der Waals surface area contributed by atoms with Crippen LogP contribution >= 0.6 is 11.6 Å². The van der Waals surface area contributed by atoms with Crippen LogP contribution in [0.4, 0.5) is 0 Å². The Bertz CT molecular complexity index is 2200. The molecule has 0 bridgehead atoms. The van der Waals surface area contributed by atoms with E-state index in [-0.39, 0.29) is 5.56 Å². The van der Waals surface area contributed by atoms with Gasteiger partial charge >= 0.3 is 45.6 Å². The van der Waals surface area contributed by atoms with Gasteiger partial charge in [0.15, 0.2) is 5.06 Å². The molecular weight excluding hydrogens is 760 g/mol. The molecule has 3 aromatic carbocycles. The smallest absolute Gasteiger partial charge is 0.359 e. The van der Waals surface area contributed by atoms with E-state index in [0.29, 0.717) is 18.4 Å². The van der Waals surface area contributed by atoms with Crippen LogP contribution in [0.5, 0.6) is 0 Å². The molecule has 0 aromatic heterocycles. The third kappa shape index (κ3) is 9.08. The molecule has 3 aromatic rings. The number of hydrogen-bond donors (Lipinski definition) is 1. The molecule has 0 saturated heterocycles. The number of halogens is 1. The molecule has 1 aliphatic rings. The fourth-order valence-corrected chi connectivity index (χ4v) is 10.1. The van der Waals surface area contributed by atoms with Crippen LogP contribution in [0.1, 0.15) is 12.0 Å². The summed E-state index contributed by atoms with van der Waals surface area (Å²) in [5.74, 6) is -1.98. The first kappa shape index (κ1) is 37.6. The Morgan fingerprint density at radius 1 is 0.729 bits per heavy atom. The van der Waals surface area contributed by atoms with E-state index >= 15 is 0 Å². The minimum Gasteiger partial charge on any atom is -0.386 e. The van der Waals surface area contributed by atoms with E-state index < -0.39 is 94.1 Å². The van der Waals surface area contributed by atoms with Crippen molar-refractivity contribution in [1.29, 1.82) is 0 Å². The van der Waals surface area contributed by atoms with Crippen LogP contribution in [0.2, 0.25) is 0 Å². The molecule has 0 saturated carbocycles. The lowest BCUT2D eigenvalue weighted by Crippen LogP contribution is -2.50. The molecule has 0 spiro atoms. The van der Waals surface area contributed by atoms with E-state index in [1.165, 1.54) is 60.7 Å². The van der Waals surface area contributed by atoms with Gasteiger partial charge in [0.25, 0.3) is 10.1 Å². The third-order valence-electron chi connectivity index (χ3n) is 6.08. The van der Waals surface area contributed by atoms with Crippen LogP contribution in [-0.2, 0) is 73.1 Å². The summed E-state index contributed by atoms with van der Waals surface area (Å²) in [6.07, 6.45) is 0.252. The minimum absolute atomic E-state index is 0.255. The molecule has 1 atom stereocenters. The second-order valence-electron chi connectivity index (χ2n) is 9.92. The second kappa shape index (κ2) is 13.6. The highest BCUT2D eigenvalue weighted by molar-refractivity contribution is 7.91. The zero-order valence-corrected chi connectivity index (χ0v) is 29.1. The average Bonchev–Trinajstić information content (AvgIpc) is 2.96. The fourth-order valence-electron chi connectivity index (χ4n) is 4.17. The van der Waals surface area contributed by atoms with Crippen LogP contribution in [-0.4, -0.2) is 63.1 Å². The van der Waals surface area contributed by atoms with Crippen LogP contribution in [0.3, 0.4) is 0 Å². The van der Waals surface area contributed by atoms with Crippen LogP contribution < -0.4 is 0 Å². The Labute approximate surface area is 282 Å². The molecule has 0 heterocycles. The molecule has 0 radical (unpaired) electrons. The van der Waals surface area contributed by atoms with Crippen molar-refractivity contribution >= 4 is 62.2 Å². The van der Waals surface area contributed by atoms with Crippen molar-refractivity contribution < 1.29 is 63.4 Å². The summed E-state index contributed by atoms with van der Waals surface area (Å²) in [7, 11) is -26.5. The summed E-state index contributed by atoms with van der Waals surface area (Å²) in [5.41, 5.74) is -1.12. The molecule has 0 fully saturated rings. The monoisotopic (exact) mass is 784 g/mol. The van der Waals surface area contributed by atoms with E-state index in [4.69, 9.17) is 28.3 Å². The Balaban J connectivity index is 1.95. The van der Waals surface area contributed by atoms with Crippen molar-refractivity contribution in [2.24, 2.45) is 0 Å². The van der Waals surface area contributed by atoms with Crippen molar-refractivity contribution in [2.45, 2.75) is 32.1 Å². The molecule has 15 nitrogen and oxygen atoms in total. The number of alkyl halides is 1. The van der Waals surface area contributed by atoms with Crippen molar-refractivity contribution in [1.82, 2.24) is 0 Å². The highest BCUT2D eigenvalue weighted by Gasteiger charge is 2.59. The van der Waals surface area contributed by atoms with Crippen molar-refractivity contribution in [3.05, 3.63) is 120 Å². The van der Waals surface area contributed by atoms with Gasteiger partial charge in [-0.25, -0.2) is 12.5 Å². The van der Waals surface area contributed by atoms with E-state index in [0.717, 1.165) is 24.3 Å². The first-order valence-electron chi connectivity index (χ1n) is 13.0. The van der Waals surface area contributed by atoms with Crippen molar-refractivity contribution in [3.8, 4) is 0 Å². The van der Waals surface area contributed by atoms with Crippen LogP contribution in [0.25, 0.3) is 0 Å². The Kier molecular flexibility index (Phi) is 10.7. The molecule has 260 valence electrons. The van der Waals surface area contributed by atoms with Gasteiger partial charge in [-0.3, -0.25) is 4.55 Å². The zero-order valence-electron chi connectivity index (χ0n) is 24.3. The van der Waals surface area contributed by atoms with Crippen LogP contribution in [0, 0.1) is 0 Å².